The van der Waals surface area contributed by atoms with Gasteiger partial charge in [0, 0.05) is 10.5 Å². The maximum absolute atomic E-state index is 11.6. The molecule has 0 atom stereocenters. The third-order valence-electron chi connectivity index (χ3n) is 1.94. The van der Waals surface area contributed by atoms with E-state index in [0.29, 0.717) is 6.29 Å². The summed E-state index contributed by atoms with van der Waals surface area (Å²) in [4.78, 5) is 22.5. The molecule has 5 heteroatoms. The molecule has 4 nitrogen and oxygen atoms in total. The average Bonchev–Trinajstić information content (AvgIpc) is 2.28. The van der Waals surface area contributed by atoms with Gasteiger partial charge in [0.2, 0.25) is 0 Å². The van der Waals surface area contributed by atoms with E-state index in [4.69, 9.17) is 10.00 Å². The summed E-state index contributed by atoms with van der Waals surface area (Å²) < 4.78 is 4.79. The number of aldehydes is 1. The smallest absolute Gasteiger partial charge is 0.340 e. The molecule has 0 aliphatic rings. The van der Waals surface area contributed by atoms with Crippen LogP contribution in [0, 0.1) is 11.3 Å². The van der Waals surface area contributed by atoms with Crippen molar-refractivity contribution in [2.45, 2.75) is 11.8 Å². The molecule has 82 valence electrons. The minimum absolute atomic E-state index is 0.0410. The van der Waals surface area contributed by atoms with Crippen molar-refractivity contribution in [3.63, 3.8) is 0 Å². The predicted octanol–water partition coefficient (Wildman–Crippen LogP) is 1.84. The molecule has 0 saturated carbocycles. The first-order valence-corrected chi connectivity index (χ1v) is 4.98. The van der Waals surface area contributed by atoms with Crippen molar-refractivity contribution in [3.8, 4) is 6.07 Å². The van der Waals surface area contributed by atoms with Crippen molar-refractivity contribution < 1.29 is 14.3 Å². The highest BCUT2D eigenvalue weighted by Crippen LogP contribution is 2.22. The Morgan fingerprint density at radius 3 is 2.81 bits per heavy atom. The lowest BCUT2D eigenvalue weighted by Gasteiger charge is -2.08. The summed E-state index contributed by atoms with van der Waals surface area (Å²) in [6.45, 7) is 1.85. The summed E-state index contributed by atoms with van der Waals surface area (Å²) in [5.41, 5.74) is 0.443. The minimum Gasteiger partial charge on any atom is -0.462 e. The number of carbonyl (C=O) groups is 2. The standard InChI is InChI=1S/C11H9NO3S/c1-2-15-11(14)9-8(6-13)4-3-7(5-12)10(9)16/h3-4,6,16H,2H2,1H3. The van der Waals surface area contributed by atoms with Gasteiger partial charge in [-0.2, -0.15) is 5.26 Å². The quantitative estimate of drug-likeness (QED) is 0.493. The van der Waals surface area contributed by atoms with Gasteiger partial charge in [-0.3, -0.25) is 4.79 Å². The van der Waals surface area contributed by atoms with Crippen LogP contribution in [0.2, 0.25) is 0 Å². The molecular weight excluding hydrogens is 226 g/mol. The third-order valence-corrected chi connectivity index (χ3v) is 2.40. The van der Waals surface area contributed by atoms with Crippen LogP contribution in [0.25, 0.3) is 0 Å². The monoisotopic (exact) mass is 235 g/mol. The zero-order chi connectivity index (χ0) is 12.1. The molecule has 0 aliphatic carbocycles. The molecule has 0 radical (unpaired) electrons. The minimum atomic E-state index is -0.647. The van der Waals surface area contributed by atoms with E-state index >= 15 is 0 Å². The van der Waals surface area contributed by atoms with E-state index in [2.05, 4.69) is 12.6 Å². The molecule has 1 rings (SSSR count). The average molecular weight is 235 g/mol. The molecule has 0 spiro atoms. The van der Waals surface area contributed by atoms with Crippen molar-refractivity contribution in [2.75, 3.05) is 6.61 Å². The number of hydrogen-bond donors (Lipinski definition) is 1. The van der Waals surface area contributed by atoms with E-state index < -0.39 is 5.97 Å². The molecule has 0 aliphatic heterocycles. The van der Waals surface area contributed by atoms with Gasteiger partial charge >= 0.3 is 5.97 Å². The van der Waals surface area contributed by atoms with Gasteiger partial charge in [-0.1, -0.05) is 0 Å². The van der Waals surface area contributed by atoms with E-state index in [1.54, 1.807) is 6.92 Å². The highest BCUT2D eigenvalue weighted by molar-refractivity contribution is 7.80. The summed E-state index contributed by atoms with van der Waals surface area (Å²) in [6.07, 6.45) is 0.535. The molecular formula is C11H9NO3S. The fourth-order valence-electron chi connectivity index (χ4n) is 1.21. The van der Waals surface area contributed by atoms with Crippen molar-refractivity contribution >= 4 is 24.9 Å². The lowest BCUT2D eigenvalue weighted by atomic mass is 10.1. The van der Waals surface area contributed by atoms with Gasteiger partial charge in [-0.15, -0.1) is 12.6 Å². The van der Waals surface area contributed by atoms with E-state index in [1.807, 2.05) is 6.07 Å². The predicted molar refractivity (Wildman–Crippen MR) is 59.8 cm³/mol. The first-order chi connectivity index (χ1) is 7.65. The van der Waals surface area contributed by atoms with Crippen LogP contribution in [0.15, 0.2) is 17.0 Å². The zero-order valence-corrected chi connectivity index (χ0v) is 9.45. The SMILES string of the molecule is CCOC(=O)c1c(C=O)ccc(C#N)c1S. The van der Waals surface area contributed by atoms with Crippen LogP contribution in [0.1, 0.15) is 33.2 Å². The highest BCUT2D eigenvalue weighted by Gasteiger charge is 2.18. The molecule has 0 aromatic heterocycles. The Morgan fingerprint density at radius 1 is 1.62 bits per heavy atom. The summed E-state index contributed by atoms with van der Waals surface area (Å²) in [5.74, 6) is -0.647. The second kappa shape index (κ2) is 5.33. The van der Waals surface area contributed by atoms with Gasteiger partial charge in [0.1, 0.15) is 6.07 Å². The maximum atomic E-state index is 11.6. The van der Waals surface area contributed by atoms with Crippen LogP contribution < -0.4 is 0 Å². The molecule has 1 aromatic rings. The first kappa shape index (κ1) is 12.3. The molecule has 0 amide bonds. The first-order valence-electron chi connectivity index (χ1n) is 4.54. The molecule has 0 saturated heterocycles. The van der Waals surface area contributed by atoms with Gasteiger partial charge < -0.3 is 4.74 Å². The van der Waals surface area contributed by atoms with Crippen molar-refractivity contribution in [2.24, 2.45) is 0 Å². The summed E-state index contributed by atoms with van der Waals surface area (Å²) in [7, 11) is 0. The molecule has 0 fully saturated rings. The third kappa shape index (κ3) is 2.23. The van der Waals surface area contributed by atoms with Gasteiger partial charge in [-0.25, -0.2) is 4.79 Å². The lowest BCUT2D eigenvalue weighted by Crippen LogP contribution is -2.10. The Hall–Kier alpha value is -1.80. The second-order valence-corrected chi connectivity index (χ2v) is 3.32. The van der Waals surface area contributed by atoms with Crippen molar-refractivity contribution in [1.82, 2.24) is 0 Å². The Kier molecular flexibility index (Phi) is 4.09. The number of ether oxygens (including phenoxy) is 1. The van der Waals surface area contributed by atoms with E-state index in [9.17, 15) is 9.59 Å². The molecule has 0 heterocycles. The largest absolute Gasteiger partial charge is 0.462 e. The van der Waals surface area contributed by atoms with E-state index in [1.165, 1.54) is 12.1 Å². The van der Waals surface area contributed by atoms with Gasteiger partial charge in [-0.05, 0) is 19.1 Å². The van der Waals surface area contributed by atoms with E-state index in [-0.39, 0.29) is 28.2 Å². The molecule has 0 bridgehead atoms. The number of benzene rings is 1. The molecule has 0 N–H and O–H groups in total. The van der Waals surface area contributed by atoms with Crippen LogP contribution in [0.3, 0.4) is 0 Å². The number of esters is 1. The Morgan fingerprint density at radius 2 is 2.31 bits per heavy atom. The van der Waals surface area contributed by atoms with Crippen LogP contribution in [-0.2, 0) is 4.74 Å². The van der Waals surface area contributed by atoms with Gasteiger partial charge in [0.25, 0.3) is 0 Å². The zero-order valence-electron chi connectivity index (χ0n) is 8.56. The molecule has 0 unspecified atom stereocenters. The Labute approximate surface area is 98.2 Å². The number of carbonyl (C=O) groups excluding carboxylic acids is 2. The fourth-order valence-corrected chi connectivity index (χ4v) is 1.56. The van der Waals surface area contributed by atoms with Gasteiger partial charge in [0.05, 0.1) is 17.7 Å². The number of hydrogen-bond acceptors (Lipinski definition) is 5. The van der Waals surface area contributed by atoms with Crippen LogP contribution >= 0.6 is 12.6 Å². The normalized spacial score (nSPS) is 9.31. The Bertz CT molecular complexity index is 477. The number of rotatable bonds is 3. The van der Waals surface area contributed by atoms with Crippen molar-refractivity contribution in [3.05, 3.63) is 28.8 Å². The number of thiol groups is 1. The topological polar surface area (TPSA) is 67.2 Å². The van der Waals surface area contributed by atoms with Crippen LogP contribution in [0.4, 0.5) is 0 Å². The van der Waals surface area contributed by atoms with E-state index in [0.717, 1.165) is 0 Å². The van der Waals surface area contributed by atoms with Gasteiger partial charge in [0.15, 0.2) is 6.29 Å². The summed E-state index contributed by atoms with van der Waals surface area (Å²) in [5, 5.41) is 8.78. The summed E-state index contributed by atoms with van der Waals surface area (Å²) in [6, 6.07) is 4.72. The lowest BCUT2D eigenvalue weighted by molar-refractivity contribution is 0.0520. The second-order valence-electron chi connectivity index (χ2n) is 2.88. The van der Waals surface area contributed by atoms with Crippen LogP contribution in [0.5, 0.6) is 0 Å². The number of nitriles is 1. The molecule has 16 heavy (non-hydrogen) atoms. The number of nitrogens with zero attached hydrogens (tertiary/aromatic N) is 1. The molecule has 1 aromatic carbocycles. The maximum Gasteiger partial charge on any atom is 0.340 e. The Balaban J connectivity index is 3.38. The van der Waals surface area contributed by atoms with Crippen LogP contribution in [-0.4, -0.2) is 18.9 Å². The van der Waals surface area contributed by atoms with Crippen molar-refractivity contribution in [1.29, 1.82) is 5.26 Å². The highest BCUT2D eigenvalue weighted by atomic mass is 32.1. The summed E-state index contributed by atoms with van der Waals surface area (Å²) >= 11 is 4.07. The fraction of sp³-hybridized carbons (Fsp3) is 0.182.